The maximum atomic E-state index is 5.66. The van der Waals surface area contributed by atoms with Crippen molar-refractivity contribution in [1.82, 2.24) is 15.5 Å². The molecule has 0 aliphatic heterocycles. The zero-order valence-corrected chi connectivity index (χ0v) is 14.9. The van der Waals surface area contributed by atoms with Crippen LogP contribution in [-0.4, -0.2) is 22.3 Å². The monoisotopic (exact) mass is 407 g/mol. The van der Waals surface area contributed by atoms with E-state index >= 15 is 0 Å². The molecule has 0 fully saturated rings. The van der Waals surface area contributed by atoms with Crippen molar-refractivity contribution in [3.8, 4) is 10.8 Å². The molecule has 0 radical (unpaired) electrons. The molecule has 0 aliphatic rings. The minimum atomic E-state index is 0.104. The Balaban J connectivity index is 1.99. The van der Waals surface area contributed by atoms with E-state index in [1.165, 1.54) is 0 Å². The zero-order valence-electron chi connectivity index (χ0n) is 11.0. The summed E-state index contributed by atoms with van der Waals surface area (Å²) in [5.74, 6) is 1.23. The Morgan fingerprint density at radius 2 is 2.05 bits per heavy atom. The summed E-state index contributed by atoms with van der Waals surface area (Å²) in [6, 6.07) is 1.97. The van der Waals surface area contributed by atoms with Gasteiger partial charge in [-0.05, 0) is 58.7 Å². The minimum Gasteiger partial charge on any atom is -0.420 e. The van der Waals surface area contributed by atoms with Gasteiger partial charge < -0.3 is 9.73 Å². The molecule has 0 atom stereocenters. The van der Waals surface area contributed by atoms with E-state index in [0.29, 0.717) is 11.8 Å². The van der Waals surface area contributed by atoms with Gasteiger partial charge in [-0.25, -0.2) is 0 Å². The fourth-order valence-corrected chi connectivity index (χ4v) is 3.41. The minimum absolute atomic E-state index is 0.104. The summed E-state index contributed by atoms with van der Waals surface area (Å²) in [5.41, 5.74) is 0.104. The van der Waals surface area contributed by atoms with Crippen LogP contribution in [0.5, 0.6) is 0 Å². The molecule has 7 heteroatoms. The van der Waals surface area contributed by atoms with Crippen LogP contribution in [0.1, 0.15) is 26.7 Å². The molecule has 0 aromatic carbocycles. The van der Waals surface area contributed by atoms with Crippen molar-refractivity contribution in [3.05, 3.63) is 20.2 Å². The maximum absolute atomic E-state index is 5.66. The van der Waals surface area contributed by atoms with Gasteiger partial charge in [0.05, 0.1) is 8.66 Å². The molecule has 0 spiro atoms. The van der Waals surface area contributed by atoms with Crippen LogP contribution in [-0.2, 0) is 6.42 Å². The quantitative estimate of drug-likeness (QED) is 0.821. The molecule has 0 bridgehead atoms. The molecule has 0 aliphatic carbocycles. The van der Waals surface area contributed by atoms with E-state index in [2.05, 4.69) is 68.1 Å². The maximum Gasteiger partial charge on any atom is 0.257 e. The normalized spacial score (nSPS) is 12.1. The third kappa shape index (κ3) is 4.37. The van der Waals surface area contributed by atoms with Crippen molar-refractivity contribution < 1.29 is 4.42 Å². The molecule has 0 unspecified atom stereocenters. The van der Waals surface area contributed by atoms with Crippen molar-refractivity contribution in [1.29, 1.82) is 0 Å². The molecule has 0 amide bonds. The highest BCUT2D eigenvalue weighted by molar-refractivity contribution is 9.13. The van der Waals surface area contributed by atoms with Crippen molar-refractivity contribution >= 4 is 43.2 Å². The van der Waals surface area contributed by atoms with Gasteiger partial charge in [0.25, 0.3) is 5.89 Å². The highest BCUT2D eigenvalue weighted by Crippen LogP contribution is 2.37. The van der Waals surface area contributed by atoms with Crippen LogP contribution in [0.2, 0.25) is 0 Å². The Morgan fingerprint density at radius 1 is 1.32 bits per heavy atom. The Bertz CT molecular complexity index is 540. The molecule has 4 nitrogen and oxygen atoms in total. The van der Waals surface area contributed by atoms with Gasteiger partial charge >= 0.3 is 0 Å². The van der Waals surface area contributed by atoms with E-state index in [0.717, 1.165) is 26.1 Å². The second-order valence-electron chi connectivity index (χ2n) is 5.16. The molecule has 2 aromatic rings. The standard InChI is InChI=1S/C12H15Br2N3OS/c1-12(2,3)15-5-4-9-16-17-11(18-9)8-6-7(13)10(14)19-8/h6,15H,4-5H2,1-3H3. The zero-order chi connectivity index (χ0) is 14.0. The van der Waals surface area contributed by atoms with Gasteiger partial charge in [-0.1, -0.05) is 0 Å². The van der Waals surface area contributed by atoms with Crippen molar-refractivity contribution in [2.75, 3.05) is 6.54 Å². The predicted molar refractivity (Wildman–Crippen MR) is 84.5 cm³/mol. The number of halogens is 2. The van der Waals surface area contributed by atoms with E-state index in [4.69, 9.17) is 4.42 Å². The van der Waals surface area contributed by atoms with Crippen molar-refractivity contribution in [2.45, 2.75) is 32.7 Å². The third-order valence-electron chi connectivity index (χ3n) is 2.32. The molecular formula is C12H15Br2N3OS. The van der Waals surface area contributed by atoms with Gasteiger partial charge in [-0.15, -0.1) is 21.5 Å². The summed E-state index contributed by atoms with van der Waals surface area (Å²) in [6.07, 6.45) is 0.734. The van der Waals surface area contributed by atoms with E-state index in [1.807, 2.05) is 6.07 Å². The van der Waals surface area contributed by atoms with E-state index in [1.54, 1.807) is 11.3 Å². The first-order chi connectivity index (χ1) is 8.85. The van der Waals surface area contributed by atoms with Crippen LogP contribution < -0.4 is 5.32 Å². The average Bonchev–Trinajstić information content (AvgIpc) is 2.85. The highest BCUT2D eigenvalue weighted by atomic mass is 79.9. The molecule has 1 N–H and O–H groups in total. The van der Waals surface area contributed by atoms with E-state index in [9.17, 15) is 0 Å². The van der Waals surface area contributed by atoms with Crippen molar-refractivity contribution in [2.24, 2.45) is 0 Å². The number of hydrogen-bond acceptors (Lipinski definition) is 5. The van der Waals surface area contributed by atoms with Crippen LogP contribution >= 0.6 is 43.2 Å². The molecule has 19 heavy (non-hydrogen) atoms. The highest BCUT2D eigenvalue weighted by Gasteiger charge is 2.14. The second kappa shape index (κ2) is 6.03. The molecule has 0 saturated carbocycles. The van der Waals surface area contributed by atoms with Crippen LogP contribution in [0.4, 0.5) is 0 Å². The number of hydrogen-bond donors (Lipinski definition) is 1. The molecule has 0 saturated heterocycles. The number of nitrogens with zero attached hydrogens (tertiary/aromatic N) is 2. The SMILES string of the molecule is CC(C)(C)NCCc1nnc(-c2cc(Br)c(Br)s2)o1. The summed E-state index contributed by atoms with van der Waals surface area (Å²) in [7, 11) is 0. The molecule has 2 rings (SSSR count). The molecular weight excluding hydrogens is 394 g/mol. The number of thiophene rings is 1. The molecule has 104 valence electrons. The van der Waals surface area contributed by atoms with Crippen LogP contribution in [0, 0.1) is 0 Å². The number of aromatic nitrogens is 2. The first-order valence-corrected chi connectivity index (χ1v) is 8.28. The predicted octanol–water partition coefficient (Wildman–Crippen LogP) is 4.25. The lowest BCUT2D eigenvalue weighted by atomic mass is 10.1. The largest absolute Gasteiger partial charge is 0.420 e. The summed E-state index contributed by atoms with van der Waals surface area (Å²) >= 11 is 8.47. The van der Waals surface area contributed by atoms with Gasteiger partial charge in [0.1, 0.15) is 0 Å². The van der Waals surface area contributed by atoms with Crippen LogP contribution in [0.25, 0.3) is 10.8 Å². The van der Waals surface area contributed by atoms with E-state index in [-0.39, 0.29) is 5.54 Å². The fraction of sp³-hybridized carbons (Fsp3) is 0.500. The van der Waals surface area contributed by atoms with Gasteiger partial charge in [-0.2, -0.15) is 0 Å². The Morgan fingerprint density at radius 3 is 2.63 bits per heavy atom. The molecule has 2 heterocycles. The number of rotatable bonds is 4. The van der Waals surface area contributed by atoms with Gasteiger partial charge in [0.15, 0.2) is 0 Å². The van der Waals surface area contributed by atoms with Gasteiger partial charge in [0, 0.05) is 23.0 Å². The average molecular weight is 409 g/mol. The summed E-state index contributed by atoms with van der Waals surface area (Å²) in [4.78, 5) is 0.960. The van der Waals surface area contributed by atoms with Gasteiger partial charge in [0.2, 0.25) is 5.89 Å². The third-order valence-corrected chi connectivity index (χ3v) is 5.56. The lowest BCUT2D eigenvalue weighted by Gasteiger charge is -2.19. The fourth-order valence-electron chi connectivity index (χ4n) is 1.45. The lowest BCUT2D eigenvalue weighted by molar-refractivity contribution is 0.412. The Kier molecular flexibility index (Phi) is 4.81. The first kappa shape index (κ1) is 15.2. The van der Waals surface area contributed by atoms with Crippen LogP contribution in [0.3, 0.4) is 0 Å². The van der Waals surface area contributed by atoms with Gasteiger partial charge in [-0.3, -0.25) is 0 Å². The number of nitrogens with one attached hydrogen (secondary N) is 1. The Labute approximate surface area is 133 Å². The lowest BCUT2D eigenvalue weighted by Crippen LogP contribution is -2.37. The smallest absolute Gasteiger partial charge is 0.257 e. The molecule has 2 aromatic heterocycles. The van der Waals surface area contributed by atoms with Crippen LogP contribution in [0.15, 0.2) is 18.7 Å². The summed E-state index contributed by atoms with van der Waals surface area (Å²) in [5, 5.41) is 11.5. The van der Waals surface area contributed by atoms with Crippen molar-refractivity contribution in [3.63, 3.8) is 0 Å². The Hall–Kier alpha value is -0.240. The first-order valence-electron chi connectivity index (χ1n) is 5.88. The van der Waals surface area contributed by atoms with E-state index < -0.39 is 0 Å². The second-order valence-corrected chi connectivity index (χ2v) is 8.38. The topological polar surface area (TPSA) is 51.0 Å². The summed E-state index contributed by atoms with van der Waals surface area (Å²) in [6.45, 7) is 7.22. The summed E-state index contributed by atoms with van der Waals surface area (Å²) < 4.78 is 7.69.